The highest BCUT2D eigenvalue weighted by Gasteiger charge is 2.11. The number of hydrogen-bond donors (Lipinski definition) is 2. The zero-order valence-corrected chi connectivity index (χ0v) is 13.8. The molecule has 1 aromatic carbocycles. The van der Waals surface area contributed by atoms with Gasteiger partial charge in [-0.3, -0.25) is 9.48 Å². The number of aromatic amines is 1. The molecule has 2 aromatic heterocycles. The van der Waals surface area contributed by atoms with Gasteiger partial charge in [0.15, 0.2) is 0 Å². The number of hydrogen-bond acceptors (Lipinski definition) is 2. The highest BCUT2D eigenvalue weighted by atomic mass is 79.9. The first-order valence-corrected chi connectivity index (χ1v) is 7.95. The maximum atomic E-state index is 12.2. The van der Waals surface area contributed by atoms with E-state index >= 15 is 0 Å². The summed E-state index contributed by atoms with van der Waals surface area (Å²) in [7, 11) is 0. The Morgan fingerprint density at radius 2 is 2.32 bits per heavy atom. The van der Waals surface area contributed by atoms with Crippen LogP contribution in [0.25, 0.3) is 10.9 Å². The zero-order valence-electron chi connectivity index (χ0n) is 12.2. The Hall–Kier alpha value is -2.08. The van der Waals surface area contributed by atoms with E-state index in [2.05, 4.69) is 38.3 Å². The first-order valence-electron chi connectivity index (χ1n) is 7.16. The normalized spacial score (nSPS) is 12.5. The summed E-state index contributed by atoms with van der Waals surface area (Å²) >= 11 is 3.43. The number of halogens is 1. The van der Waals surface area contributed by atoms with Crippen molar-refractivity contribution < 1.29 is 4.79 Å². The molecule has 2 heterocycles. The molecule has 3 aromatic rings. The highest BCUT2D eigenvalue weighted by Crippen LogP contribution is 2.20. The summed E-state index contributed by atoms with van der Waals surface area (Å²) in [5, 5.41) is 8.15. The van der Waals surface area contributed by atoms with Crippen LogP contribution in [0.5, 0.6) is 0 Å². The van der Waals surface area contributed by atoms with E-state index in [-0.39, 0.29) is 5.91 Å². The molecule has 0 bridgehead atoms. The van der Waals surface area contributed by atoms with Crippen molar-refractivity contribution >= 4 is 32.7 Å². The quantitative estimate of drug-likeness (QED) is 0.733. The van der Waals surface area contributed by atoms with Gasteiger partial charge in [0.25, 0.3) is 5.91 Å². The Morgan fingerprint density at radius 3 is 3.09 bits per heavy atom. The van der Waals surface area contributed by atoms with Gasteiger partial charge >= 0.3 is 0 Å². The average Bonchev–Trinajstić information content (AvgIpc) is 3.13. The Labute approximate surface area is 136 Å². The number of H-pyrrole nitrogens is 1. The molecule has 0 aliphatic heterocycles. The maximum Gasteiger partial charge on any atom is 0.267 e. The summed E-state index contributed by atoms with van der Waals surface area (Å²) < 4.78 is 2.87. The molecule has 0 aliphatic carbocycles. The van der Waals surface area contributed by atoms with E-state index < -0.39 is 0 Å². The molecule has 2 N–H and O–H groups in total. The fourth-order valence-electron chi connectivity index (χ4n) is 2.38. The van der Waals surface area contributed by atoms with Gasteiger partial charge in [0, 0.05) is 40.9 Å². The first kappa shape index (κ1) is 14.8. The smallest absolute Gasteiger partial charge is 0.267 e. The molecular formula is C16H17BrN4O. The average molecular weight is 361 g/mol. The number of aromatic nitrogens is 3. The van der Waals surface area contributed by atoms with Gasteiger partial charge in [0.1, 0.15) is 5.69 Å². The second-order valence-corrected chi connectivity index (χ2v) is 6.37. The highest BCUT2D eigenvalue weighted by molar-refractivity contribution is 9.10. The molecule has 22 heavy (non-hydrogen) atoms. The van der Waals surface area contributed by atoms with Crippen LogP contribution < -0.4 is 5.32 Å². The van der Waals surface area contributed by atoms with Gasteiger partial charge < -0.3 is 10.3 Å². The minimum absolute atomic E-state index is 0.0837. The van der Waals surface area contributed by atoms with Crippen molar-refractivity contribution in [2.45, 2.75) is 13.5 Å². The molecule has 1 amide bonds. The van der Waals surface area contributed by atoms with Gasteiger partial charge in [-0.2, -0.15) is 5.10 Å². The summed E-state index contributed by atoms with van der Waals surface area (Å²) in [5.74, 6) is 0.224. The lowest BCUT2D eigenvalue weighted by atomic mass is 10.2. The van der Waals surface area contributed by atoms with Crippen molar-refractivity contribution in [2.24, 2.45) is 5.92 Å². The Bertz CT molecular complexity index is 779. The van der Waals surface area contributed by atoms with Gasteiger partial charge in [0.05, 0.1) is 0 Å². The molecule has 0 saturated heterocycles. The molecule has 0 aliphatic rings. The maximum absolute atomic E-state index is 12.2. The monoisotopic (exact) mass is 360 g/mol. The number of carbonyl (C=O) groups is 1. The molecule has 0 saturated carbocycles. The van der Waals surface area contributed by atoms with Crippen LogP contribution in [0.2, 0.25) is 0 Å². The minimum Gasteiger partial charge on any atom is -0.351 e. The van der Waals surface area contributed by atoms with Crippen LogP contribution in [0.1, 0.15) is 17.4 Å². The number of fused-ring (bicyclic) bond motifs is 1. The van der Waals surface area contributed by atoms with Crippen LogP contribution in [0.15, 0.2) is 47.2 Å². The topological polar surface area (TPSA) is 62.7 Å². The molecule has 5 nitrogen and oxygen atoms in total. The summed E-state index contributed by atoms with van der Waals surface area (Å²) in [4.78, 5) is 15.4. The lowest BCUT2D eigenvalue weighted by Crippen LogP contribution is -2.30. The number of nitrogens with zero attached hydrogens (tertiary/aromatic N) is 2. The summed E-state index contributed by atoms with van der Waals surface area (Å²) in [6.07, 6.45) is 3.68. The van der Waals surface area contributed by atoms with E-state index in [1.165, 1.54) is 0 Å². The molecule has 0 radical (unpaired) electrons. The fraction of sp³-hybridized carbons (Fsp3) is 0.250. The second-order valence-electron chi connectivity index (χ2n) is 5.46. The predicted octanol–water partition coefficient (Wildman–Crippen LogP) is 3.19. The van der Waals surface area contributed by atoms with Crippen molar-refractivity contribution in [1.29, 1.82) is 0 Å². The predicted molar refractivity (Wildman–Crippen MR) is 89.7 cm³/mol. The van der Waals surface area contributed by atoms with Gasteiger partial charge in [-0.05, 0) is 36.2 Å². The van der Waals surface area contributed by atoms with Crippen molar-refractivity contribution in [1.82, 2.24) is 20.1 Å². The Kier molecular flexibility index (Phi) is 4.29. The van der Waals surface area contributed by atoms with Crippen molar-refractivity contribution in [3.05, 3.63) is 52.9 Å². The minimum atomic E-state index is -0.0837. The third-order valence-corrected chi connectivity index (χ3v) is 3.99. The van der Waals surface area contributed by atoms with Crippen molar-refractivity contribution in [2.75, 3.05) is 6.54 Å². The van der Waals surface area contributed by atoms with Gasteiger partial charge in [0.2, 0.25) is 0 Å². The lowest BCUT2D eigenvalue weighted by Gasteiger charge is -2.12. The lowest BCUT2D eigenvalue weighted by molar-refractivity contribution is 0.0942. The van der Waals surface area contributed by atoms with E-state index in [1.54, 1.807) is 6.20 Å². The number of amides is 1. The van der Waals surface area contributed by atoms with Crippen LogP contribution in [0, 0.1) is 5.92 Å². The molecule has 3 rings (SSSR count). The number of rotatable bonds is 5. The molecule has 0 spiro atoms. The molecule has 0 fully saturated rings. The molecule has 114 valence electrons. The molecule has 6 heteroatoms. The second kappa shape index (κ2) is 6.36. The first-order chi connectivity index (χ1) is 10.6. The number of benzene rings is 1. The van der Waals surface area contributed by atoms with Crippen LogP contribution in [0.4, 0.5) is 0 Å². The summed E-state index contributed by atoms with van der Waals surface area (Å²) in [6, 6.07) is 9.66. The molecular weight excluding hydrogens is 344 g/mol. The number of nitrogens with one attached hydrogen (secondary N) is 2. The largest absolute Gasteiger partial charge is 0.351 e. The van der Waals surface area contributed by atoms with E-state index in [1.807, 2.05) is 41.2 Å². The van der Waals surface area contributed by atoms with Crippen LogP contribution >= 0.6 is 15.9 Å². The number of carbonyl (C=O) groups excluding carboxylic acids is 1. The van der Waals surface area contributed by atoms with E-state index in [4.69, 9.17) is 0 Å². The van der Waals surface area contributed by atoms with E-state index in [0.717, 1.165) is 21.9 Å². The van der Waals surface area contributed by atoms with Crippen LogP contribution in [0.3, 0.4) is 0 Å². The van der Waals surface area contributed by atoms with E-state index in [9.17, 15) is 4.79 Å². The van der Waals surface area contributed by atoms with Crippen LogP contribution in [-0.4, -0.2) is 27.2 Å². The zero-order chi connectivity index (χ0) is 15.5. The third kappa shape index (κ3) is 3.39. The van der Waals surface area contributed by atoms with Crippen molar-refractivity contribution in [3.63, 3.8) is 0 Å². The van der Waals surface area contributed by atoms with Gasteiger partial charge in [-0.1, -0.05) is 22.9 Å². The van der Waals surface area contributed by atoms with E-state index in [0.29, 0.717) is 18.2 Å². The van der Waals surface area contributed by atoms with Crippen molar-refractivity contribution in [3.8, 4) is 0 Å². The molecule has 0 unspecified atom stereocenters. The molecule has 1 atom stereocenters. The Balaban J connectivity index is 1.60. The van der Waals surface area contributed by atoms with Gasteiger partial charge in [-0.25, -0.2) is 0 Å². The van der Waals surface area contributed by atoms with Gasteiger partial charge in [-0.15, -0.1) is 0 Å². The standard InChI is InChI=1S/C16H17BrN4O/c1-11(10-21-6-2-5-19-21)9-18-16(22)15-8-12-7-13(17)3-4-14(12)20-15/h2-8,11,20H,9-10H2,1H3,(H,18,22)/t11-/m1/s1. The van der Waals surface area contributed by atoms with Crippen LogP contribution in [-0.2, 0) is 6.54 Å². The summed E-state index contributed by atoms with van der Waals surface area (Å²) in [5.41, 5.74) is 1.54. The fourth-order valence-corrected chi connectivity index (χ4v) is 2.76. The SMILES string of the molecule is C[C@H](CNC(=O)c1cc2cc(Br)ccc2[nH]1)Cn1cccn1. The Morgan fingerprint density at radius 1 is 1.45 bits per heavy atom. The third-order valence-electron chi connectivity index (χ3n) is 3.50. The summed E-state index contributed by atoms with van der Waals surface area (Å²) in [6.45, 7) is 3.48.